The average molecular weight is 171 g/mol. The summed E-state index contributed by atoms with van der Waals surface area (Å²) in [4.78, 5) is 0. The molecule has 0 saturated heterocycles. The maximum atomic E-state index is 11.4. The van der Waals surface area contributed by atoms with Crippen molar-refractivity contribution in [2.24, 2.45) is 0 Å². The molecule has 0 radical (unpaired) electrons. The lowest BCUT2D eigenvalue weighted by molar-refractivity contribution is -0.326. The molecule has 11 heavy (non-hydrogen) atoms. The number of hydrogen-bond acceptors (Lipinski definition) is 2. The second-order valence-corrected chi connectivity index (χ2v) is 2.22. The Kier molecular flexibility index (Phi) is 4.44. The van der Waals surface area contributed by atoms with Gasteiger partial charge in [0.1, 0.15) is 0 Å². The monoisotopic (exact) mass is 171 g/mol. The van der Waals surface area contributed by atoms with Crippen molar-refractivity contribution < 1.29 is 17.9 Å². The van der Waals surface area contributed by atoms with Crippen LogP contribution >= 0.6 is 0 Å². The Balaban J connectivity index is 3.38. The molecule has 0 amide bonds. The quantitative estimate of drug-likeness (QED) is 0.692. The molecule has 1 unspecified atom stereocenters. The molecule has 68 valence electrons. The van der Waals surface area contributed by atoms with Crippen molar-refractivity contribution >= 4 is 0 Å². The summed E-state index contributed by atoms with van der Waals surface area (Å²) in [5, 5.41) is 2.79. The molecule has 1 atom stereocenters. The van der Waals surface area contributed by atoms with Gasteiger partial charge in [0.15, 0.2) is 0 Å². The Labute approximate surface area is 63.7 Å². The van der Waals surface area contributed by atoms with E-state index in [2.05, 4.69) is 10.1 Å². The van der Waals surface area contributed by atoms with Crippen molar-refractivity contribution in [3.05, 3.63) is 0 Å². The van der Waals surface area contributed by atoms with Crippen LogP contribution in [0.4, 0.5) is 13.2 Å². The van der Waals surface area contributed by atoms with Crippen molar-refractivity contribution in [2.75, 3.05) is 13.2 Å². The largest absolute Gasteiger partial charge is 0.522 e. The smallest absolute Gasteiger partial charge is 0.312 e. The first kappa shape index (κ1) is 10.7. The first-order chi connectivity index (χ1) is 4.95. The van der Waals surface area contributed by atoms with Crippen molar-refractivity contribution in [2.45, 2.75) is 26.3 Å². The van der Waals surface area contributed by atoms with E-state index < -0.39 is 6.36 Å². The standard InChI is InChI=1S/C6H12F3NO/c1-3-10-5(2)4-11-6(7,8)9/h5,10H,3-4H2,1-2H3. The summed E-state index contributed by atoms with van der Waals surface area (Å²) in [5.74, 6) is 0. The molecular formula is C6H12F3NO. The summed E-state index contributed by atoms with van der Waals surface area (Å²) in [7, 11) is 0. The van der Waals surface area contributed by atoms with Crippen LogP contribution < -0.4 is 5.32 Å². The van der Waals surface area contributed by atoms with Crippen LogP contribution in [0.5, 0.6) is 0 Å². The summed E-state index contributed by atoms with van der Waals surface area (Å²) >= 11 is 0. The lowest BCUT2D eigenvalue weighted by atomic mass is 10.4. The van der Waals surface area contributed by atoms with Gasteiger partial charge in [-0.3, -0.25) is 4.74 Å². The Morgan fingerprint density at radius 1 is 1.45 bits per heavy atom. The Morgan fingerprint density at radius 3 is 2.36 bits per heavy atom. The highest BCUT2D eigenvalue weighted by atomic mass is 19.4. The van der Waals surface area contributed by atoms with Crippen molar-refractivity contribution in [3.63, 3.8) is 0 Å². The Hall–Kier alpha value is -0.290. The summed E-state index contributed by atoms with van der Waals surface area (Å²) < 4.78 is 37.8. The van der Waals surface area contributed by atoms with E-state index in [1.165, 1.54) is 0 Å². The number of hydrogen-bond donors (Lipinski definition) is 1. The van der Waals surface area contributed by atoms with E-state index in [0.29, 0.717) is 6.54 Å². The van der Waals surface area contributed by atoms with Gasteiger partial charge in [-0.25, -0.2) is 0 Å². The van der Waals surface area contributed by atoms with Crippen molar-refractivity contribution in [1.82, 2.24) is 5.32 Å². The molecular weight excluding hydrogens is 159 g/mol. The zero-order valence-corrected chi connectivity index (χ0v) is 6.53. The van der Waals surface area contributed by atoms with Gasteiger partial charge in [0.25, 0.3) is 0 Å². The van der Waals surface area contributed by atoms with Gasteiger partial charge in [-0.05, 0) is 13.5 Å². The minimum absolute atomic E-state index is 0.262. The predicted octanol–water partition coefficient (Wildman–Crippen LogP) is 1.52. The number of halogens is 3. The summed E-state index contributed by atoms with van der Waals surface area (Å²) in [6.07, 6.45) is -4.51. The molecule has 0 saturated carbocycles. The van der Waals surface area contributed by atoms with Crippen molar-refractivity contribution in [1.29, 1.82) is 0 Å². The highest BCUT2D eigenvalue weighted by Crippen LogP contribution is 2.15. The SMILES string of the molecule is CCNC(C)COC(F)(F)F. The zero-order chi connectivity index (χ0) is 8.91. The summed E-state index contributed by atoms with van der Waals surface area (Å²) in [6.45, 7) is 3.76. The second kappa shape index (κ2) is 4.56. The van der Waals surface area contributed by atoms with Crippen molar-refractivity contribution in [3.8, 4) is 0 Å². The van der Waals surface area contributed by atoms with Crippen LogP contribution in [0, 0.1) is 0 Å². The fourth-order valence-corrected chi connectivity index (χ4v) is 0.627. The van der Waals surface area contributed by atoms with E-state index in [0.717, 1.165) is 0 Å². The highest BCUT2D eigenvalue weighted by Gasteiger charge is 2.29. The number of likely N-dealkylation sites (N-methyl/N-ethyl adjacent to an activating group) is 1. The van der Waals surface area contributed by atoms with Crippen LogP contribution in [0.15, 0.2) is 0 Å². The third-order valence-corrected chi connectivity index (χ3v) is 1.05. The molecule has 5 heteroatoms. The van der Waals surface area contributed by atoms with Gasteiger partial charge in [-0.2, -0.15) is 0 Å². The van der Waals surface area contributed by atoms with Crippen LogP contribution in [0.1, 0.15) is 13.8 Å². The van der Waals surface area contributed by atoms with E-state index >= 15 is 0 Å². The maximum Gasteiger partial charge on any atom is 0.522 e. The topological polar surface area (TPSA) is 21.3 Å². The molecule has 0 bridgehead atoms. The molecule has 0 spiro atoms. The van der Waals surface area contributed by atoms with Crippen LogP contribution in [0.3, 0.4) is 0 Å². The fraction of sp³-hybridized carbons (Fsp3) is 1.00. The molecule has 0 aromatic rings. The number of nitrogens with one attached hydrogen (secondary N) is 1. The van der Waals surface area contributed by atoms with E-state index in [1.807, 2.05) is 6.92 Å². The molecule has 0 fully saturated rings. The van der Waals surface area contributed by atoms with Crippen LogP contribution in [0.2, 0.25) is 0 Å². The van der Waals surface area contributed by atoms with Gasteiger partial charge >= 0.3 is 6.36 Å². The molecule has 1 N–H and O–H groups in total. The second-order valence-electron chi connectivity index (χ2n) is 2.22. The maximum absolute atomic E-state index is 11.4. The van der Waals surface area contributed by atoms with Crippen LogP contribution in [-0.2, 0) is 4.74 Å². The van der Waals surface area contributed by atoms with E-state index in [1.54, 1.807) is 6.92 Å². The van der Waals surface area contributed by atoms with Gasteiger partial charge in [0, 0.05) is 6.04 Å². The predicted molar refractivity (Wildman–Crippen MR) is 35.1 cm³/mol. The molecule has 0 aromatic heterocycles. The lowest BCUT2D eigenvalue weighted by Gasteiger charge is -2.13. The Morgan fingerprint density at radius 2 is 2.00 bits per heavy atom. The van der Waals surface area contributed by atoms with E-state index in [4.69, 9.17) is 0 Å². The third kappa shape index (κ3) is 7.61. The first-order valence-corrected chi connectivity index (χ1v) is 3.39. The van der Waals surface area contributed by atoms with Gasteiger partial charge < -0.3 is 5.32 Å². The zero-order valence-electron chi connectivity index (χ0n) is 6.53. The third-order valence-electron chi connectivity index (χ3n) is 1.05. The first-order valence-electron chi connectivity index (χ1n) is 3.39. The molecule has 0 aromatic carbocycles. The highest BCUT2D eigenvalue weighted by molar-refractivity contribution is 4.56. The fourth-order valence-electron chi connectivity index (χ4n) is 0.627. The van der Waals surface area contributed by atoms with Gasteiger partial charge in [-0.1, -0.05) is 6.92 Å². The van der Waals surface area contributed by atoms with E-state index in [9.17, 15) is 13.2 Å². The molecule has 0 rings (SSSR count). The van der Waals surface area contributed by atoms with Gasteiger partial charge in [0.05, 0.1) is 6.61 Å². The summed E-state index contributed by atoms with van der Waals surface area (Å²) in [6, 6.07) is -0.262. The number of ether oxygens (including phenoxy) is 1. The van der Waals surface area contributed by atoms with Crippen LogP contribution in [0.25, 0.3) is 0 Å². The summed E-state index contributed by atoms with van der Waals surface area (Å²) in [5.41, 5.74) is 0. The van der Waals surface area contributed by atoms with E-state index in [-0.39, 0.29) is 12.6 Å². The molecule has 2 nitrogen and oxygen atoms in total. The lowest BCUT2D eigenvalue weighted by Crippen LogP contribution is -2.32. The molecule has 0 aliphatic rings. The normalized spacial score (nSPS) is 15.0. The average Bonchev–Trinajstić information content (AvgIpc) is 1.83. The minimum atomic E-state index is -4.51. The number of rotatable bonds is 4. The van der Waals surface area contributed by atoms with Crippen LogP contribution in [-0.4, -0.2) is 25.6 Å². The molecule has 0 heterocycles. The number of alkyl halides is 3. The minimum Gasteiger partial charge on any atom is -0.312 e. The van der Waals surface area contributed by atoms with Gasteiger partial charge in [0.2, 0.25) is 0 Å². The molecule has 0 aliphatic carbocycles. The van der Waals surface area contributed by atoms with Gasteiger partial charge in [-0.15, -0.1) is 13.2 Å². The Bertz CT molecular complexity index is 104. The molecule has 0 aliphatic heterocycles.